The number of nitro benzene ring substituents is 1. The molecule has 1 atom stereocenters. The first kappa shape index (κ1) is 18.4. The summed E-state index contributed by atoms with van der Waals surface area (Å²) in [6.45, 7) is 0.347. The molecule has 25 heavy (non-hydrogen) atoms. The molecule has 1 heterocycles. The van der Waals surface area contributed by atoms with Gasteiger partial charge >= 0.3 is 6.18 Å². The number of amides is 1. The zero-order valence-corrected chi connectivity index (χ0v) is 12.8. The van der Waals surface area contributed by atoms with Crippen LogP contribution in [-0.4, -0.2) is 40.3 Å². The van der Waals surface area contributed by atoms with E-state index in [0.717, 1.165) is 6.20 Å². The highest BCUT2D eigenvalue weighted by atomic mass is 19.4. The molecule has 1 N–H and O–H groups in total. The maximum Gasteiger partial charge on any atom is 0.454 e. The lowest BCUT2D eigenvalue weighted by Crippen LogP contribution is -2.36. The van der Waals surface area contributed by atoms with Crippen molar-refractivity contribution in [2.75, 3.05) is 11.9 Å². The van der Waals surface area contributed by atoms with E-state index in [1.54, 1.807) is 0 Å². The quantitative estimate of drug-likeness (QED) is 0.497. The van der Waals surface area contributed by atoms with Crippen molar-refractivity contribution in [2.24, 2.45) is 0 Å². The molecule has 1 aromatic carbocycles. The van der Waals surface area contributed by atoms with Crippen LogP contribution in [0.5, 0.6) is 0 Å². The van der Waals surface area contributed by atoms with Crippen molar-refractivity contribution >= 4 is 23.1 Å². The Morgan fingerprint density at radius 2 is 1.92 bits per heavy atom. The van der Waals surface area contributed by atoms with Gasteiger partial charge in [0.25, 0.3) is 11.5 Å². The standard InChI is InChI=1S/C15H14F3N3O4/c16-15(17,18)13(22)7-9-20-8-1-2-12(20)14(23)19-10-3-5-11(6-4-10)21(24)25/h3-7,9,12H,1-2,8H2,(H,19,23). The van der Waals surface area contributed by atoms with E-state index >= 15 is 0 Å². The first-order chi connectivity index (χ1) is 11.7. The van der Waals surface area contributed by atoms with Crippen LogP contribution in [0, 0.1) is 10.1 Å². The summed E-state index contributed by atoms with van der Waals surface area (Å²) in [5.41, 5.74) is 0.201. The molecule has 1 aliphatic heterocycles. The van der Waals surface area contributed by atoms with Gasteiger partial charge in [-0.2, -0.15) is 13.2 Å². The Morgan fingerprint density at radius 1 is 1.28 bits per heavy atom. The average Bonchev–Trinajstić information content (AvgIpc) is 3.00. The maximum absolute atomic E-state index is 12.3. The Bertz CT molecular complexity index is 701. The van der Waals surface area contributed by atoms with E-state index in [2.05, 4.69) is 5.32 Å². The number of nitrogens with zero attached hydrogens (tertiary/aromatic N) is 2. The summed E-state index contributed by atoms with van der Waals surface area (Å²) in [7, 11) is 0. The molecule has 134 valence electrons. The number of benzene rings is 1. The molecular formula is C15H14F3N3O4. The highest BCUT2D eigenvalue weighted by molar-refractivity contribution is 5.96. The molecule has 0 radical (unpaired) electrons. The van der Waals surface area contributed by atoms with Gasteiger partial charge in [-0.05, 0) is 25.0 Å². The van der Waals surface area contributed by atoms with Gasteiger partial charge < -0.3 is 10.2 Å². The van der Waals surface area contributed by atoms with E-state index in [4.69, 9.17) is 0 Å². The summed E-state index contributed by atoms with van der Waals surface area (Å²) in [6, 6.07) is 4.46. The van der Waals surface area contributed by atoms with E-state index in [0.29, 0.717) is 31.1 Å². The number of nitro groups is 1. The van der Waals surface area contributed by atoms with Crippen LogP contribution in [0.25, 0.3) is 0 Å². The summed E-state index contributed by atoms with van der Waals surface area (Å²) >= 11 is 0. The number of non-ortho nitro benzene ring substituents is 1. The van der Waals surface area contributed by atoms with Crippen molar-refractivity contribution in [1.82, 2.24) is 4.90 Å². The van der Waals surface area contributed by atoms with E-state index in [-0.39, 0.29) is 5.69 Å². The number of hydrogen-bond donors (Lipinski definition) is 1. The van der Waals surface area contributed by atoms with E-state index in [1.807, 2.05) is 0 Å². The molecule has 1 aliphatic rings. The molecular weight excluding hydrogens is 343 g/mol. The van der Waals surface area contributed by atoms with Crippen LogP contribution in [0.15, 0.2) is 36.5 Å². The van der Waals surface area contributed by atoms with Gasteiger partial charge in [0.2, 0.25) is 5.91 Å². The first-order valence-electron chi connectivity index (χ1n) is 7.29. The second kappa shape index (κ2) is 7.32. The number of alkyl halides is 3. The number of carbonyl (C=O) groups excluding carboxylic acids is 2. The van der Waals surface area contributed by atoms with E-state index in [1.165, 1.54) is 29.2 Å². The van der Waals surface area contributed by atoms with Crippen molar-refractivity contribution in [3.8, 4) is 0 Å². The molecule has 1 amide bonds. The number of anilines is 1. The third-order valence-corrected chi connectivity index (χ3v) is 3.64. The number of nitrogens with one attached hydrogen (secondary N) is 1. The molecule has 0 aromatic heterocycles. The SMILES string of the molecule is O=C(Nc1ccc([N+](=O)[O-])cc1)C1CCCN1C=CC(=O)C(F)(F)F. The molecule has 7 nitrogen and oxygen atoms in total. The minimum atomic E-state index is -4.95. The highest BCUT2D eigenvalue weighted by Crippen LogP contribution is 2.22. The molecule has 0 saturated carbocycles. The summed E-state index contributed by atoms with van der Waals surface area (Å²) < 4.78 is 36.6. The molecule has 1 saturated heterocycles. The predicted octanol–water partition coefficient (Wildman–Crippen LogP) is 2.64. The molecule has 10 heteroatoms. The Hall–Kier alpha value is -2.91. The summed E-state index contributed by atoms with van der Waals surface area (Å²) in [6.07, 6.45) is -2.57. The van der Waals surface area contributed by atoms with Crippen LogP contribution in [0.4, 0.5) is 24.5 Å². The number of allylic oxidation sites excluding steroid dienone is 1. The molecule has 1 aromatic rings. The second-order valence-electron chi connectivity index (χ2n) is 5.37. The van der Waals surface area contributed by atoms with E-state index < -0.39 is 28.8 Å². The van der Waals surface area contributed by atoms with Crippen LogP contribution >= 0.6 is 0 Å². The highest BCUT2D eigenvalue weighted by Gasteiger charge is 2.37. The minimum absolute atomic E-state index is 0.130. The fraction of sp³-hybridized carbons (Fsp3) is 0.333. The van der Waals surface area contributed by atoms with Gasteiger partial charge in [-0.1, -0.05) is 0 Å². The summed E-state index contributed by atoms with van der Waals surface area (Å²) in [5.74, 6) is -2.45. The predicted molar refractivity (Wildman–Crippen MR) is 81.7 cm³/mol. The fourth-order valence-corrected chi connectivity index (χ4v) is 2.40. The van der Waals surface area contributed by atoms with E-state index in [9.17, 15) is 32.9 Å². The summed E-state index contributed by atoms with van der Waals surface area (Å²) in [4.78, 5) is 34.5. The number of rotatable bonds is 5. The smallest absolute Gasteiger partial charge is 0.365 e. The number of halogens is 3. The Kier molecular flexibility index (Phi) is 5.40. The van der Waals surface area contributed by atoms with Gasteiger partial charge in [-0.3, -0.25) is 19.7 Å². The average molecular weight is 357 g/mol. The Morgan fingerprint density at radius 3 is 2.48 bits per heavy atom. The van der Waals surface area contributed by atoms with Gasteiger partial charge in [0.1, 0.15) is 6.04 Å². The normalized spacial score (nSPS) is 17.7. The van der Waals surface area contributed by atoms with Crippen LogP contribution in [0.1, 0.15) is 12.8 Å². The van der Waals surface area contributed by atoms with Gasteiger partial charge in [0, 0.05) is 36.6 Å². The summed E-state index contributed by atoms with van der Waals surface area (Å²) in [5, 5.41) is 13.1. The topological polar surface area (TPSA) is 92.5 Å². The largest absolute Gasteiger partial charge is 0.454 e. The third kappa shape index (κ3) is 4.78. The number of carbonyl (C=O) groups is 2. The number of ketones is 1. The molecule has 0 aliphatic carbocycles. The molecule has 0 bridgehead atoms. The molecule has 1 unspecified atom stereocenters. The van der Waals surface area contributed by atoms with Crippen molar-refractivity contribution in [3.63, 3.8) is 0 Å². The van der Waals surface area contributed by atoms with Gasteiger partial charge in [-0.15, -0.1) is 0 Å². The van der Waals surface area contributed by atoms with Gasteiger partial charge in [0.05, 0.1) is 4.92 Å². The van der Waals surface area contributed by atoms with Crippen molar-refractivity contribution in [1.29, 1.82) is 0 Å². The Labute approximate surface area is 140 Å². The van der Waals surface area contributed by atoms with Crippen LogP contribution in [-0.2, 0) is 9.59 Å². The van der Waals surface area contributed by atoms with Crippen LogP contribution in [0.3, 0.4) is 0 Å². The van der Waals surface area contributed by atoms with Crippen LogP contribution in [0.2, 0.25) is 0 Å². The fourth-order valence-electron chi connectivity index (χ4n) is 2.40. The van der Waals surface area contributed by atoms with Crippen molar-refractivity contribution < 1.29 is 27.7 Å². The number of hydrogen-bond acceptors (Lipinski definition) is 5. The van der Waals surface area contributed by atoms with Crippen molar-refractivity contribution in [3.05, 3.63) is 46.7 Å². The van der Waals surface area contributed by atoms with Gasteiger partial charge in [0.15, 0.2) is 0 Å². The zero-order chi connectivity index (χ0) is 18.6. The van der Waals surface area contributed by atoms with Crippen LogP contribution < -0.4 is 5.32 Å². The first-order valence-corrected chi connectivity index (χ1v) is 7.29. The second-order valence-corrected chi connectivity index (χ2v) is 5.37. The maximum atomic E-state index is 12.3. The van der Waals surface area contributed by atoms with Crippen molar-refractivity contribution in [2.45, 2.75) is 25.1 Å². The lowest BCUT2D eigenvalue weighted by molar-refractivity contribution is -0.384. The molecule has 1 fully saturated rings. The van der Waals surface area contributed by atoms with Gasteiger partial charge in [-0.25, -0.2) is 0 Å². The number of likely N-dealkylation sites (tertiary alicyclic amines) is 1. The Balaban J connectivity index is 2.01. The third-order valence-electron chi connectivity index (χ3n) is 3.64. The zero-order valence-electron chi connectivity index (χ0n) is 12.8. The minimum Gasteiger partial charge on any atom is -0.365 e. The monoisotopic (exact) mass is 357 g/mol. The lowest BCUT2D eigenvalue weighted by Gasteiger charge is -2.22. The molecule has 2 rings (SSSR count). The lowest BCUT2D eigenvalue weighted by atomic mass is 10.2. The molecule has 0 spiro atoms.